The molecule has 0 atom stereocenters. The van der Waals surface area contributed by atoms with Gasteiger partial charge in [0, 0.05) is 22.3 Å². The molecule has 1 heterocycles. The molecule has 2 aromatic rings. The second kappa shape index (κ2) is 51.1. The zero-order valence-corrected chi connectivity index (χ0v) is 54.6. The van der Waals surface area contributed by atoms with Gasteiger partial charge in [0.1, 0.15) is 0 Å². The van der Waals surface area contributed by atoms with Crippen LogP contribution in [0.25, 0.3) is 16.9 Å². The molecule has 0 bridgehead atoms. The van der Waals surface area contributed by atoms with Crippen molar-refractivity contribution < 1.29 is 22.7 Å². The molecule has 0 N–H and O–H groups in total. The molecule has 0 unspecified atom stereocenters. The van der Waals surface area contributed by atoms with E-state index in [-0.39, 0.29) is 0 Å². The number of aryl methyl sites for hydroxylation is 4. The third-order valence-electron chi connectivity index (χ3n) is 16.5. The van der Waals surface area contributed by atoms with Crippen molar-refractivity contribution in [3.8, 4) is 0 Å². The van der Waals surface area contributed by atoms with Crippen molar-refractivity contribution in [2.24, 2.45) is 0 Å². The number of unbranched alkanes of at least 4 members (excludes halogenated alkanes) is 34. The van der Waals surface area contributed by atoms with Gasteiger partial charge in [-0.2, -0.15) is 0 Å². The van der Waals surface area contributed by atoms with E-state index in [0.717, 1.165) is 93.6 Å². The average molecular weight is 1150 g/mol. The van der Waals surface area contributed by atoms with Crippen molar-refractivity contribution in [1.82, 2.24) is 0 Å². The van der Waals surface area contributed by atoms with Crippen molar-refractivity contribution in [3.05, 3.63) is 86.5 Å². The topological polar surface area (TPSA) is 25.3 Å². The summed E-state index contributed by atoms with van der Waals surface area (Å²) < 4.78 is 1.63. The Kier molecular flexibility index (Phi) is 47.3. The number of allylic oxidation sites excluding steroid dienone is 2. The Bertz CT molecular complexity index is 1590. The van der Waals surface area contributed by atoms with Crippen LogP contribution < -0.4 is 0 Å². The van der Waals surface area contributed by atoms with E-state index >= 15 is 0 Å². The van der Waals surface area contributed by atoms with Crippen molar-refractivity contribution in [2.45, 2.75) is 373 Å². The van der Waals surface area contributed by atoms with Gasteiger partial charge < -0.3 is 5.53 Å². The van der Waals surface area contributed by atoms with E-state index < -0.39 is 0 Å². The molecule has 1 aliphatic rings. The van der Waals surface area contributed by atoms with E-state index in [9.17, 15) is 5.53 Å². The maximum atomic E-state index is 12.3. The number of benzene rings is 2. The Morgan fingerprint density at radius 3 is 0.701 bits per heavy atom. The van der Waals surface area contributed by atoms with E-state index in [1.165, 1.54) is 289 Å². The molecule has 1 aliphatic heterocycles. The van der Waals surface area contributed by atoms with E-state index in [1.807, 2.05) is 0 Å². The van der Waals surface area contributed by atoms with Gasteiger partial charge in [0.2, 0.25) is 11.4 Å². The third-order valence-corrected chi connectivity index (χ3v) is 18.7. The van der Waals surface area contributed by atoms with Crippen LogP contribution >= 0.6 is 0 Å². The molecule has 2 nitrogen and oxygen atoms in total. The first kappa shape index (κ1) is 71.3. The molecule has 0 spiro atoms. The van der Waals surface area contributed by atoms with Gasteiger partial charge in [-0.15, -0.1) is 0 Å². The minimum Gasteiger partial charge on any atom is -0.0654 e. The van der Waals surface area contributed by atoms with Gasteiger partial charge in [-0.3, -0.25) is 0 Å². The van der Waals surface area contributed by atoms with E-state index in [2.05, 4.69) is 91.8 Å². The molecule has 0 aliphatic carbocycles. The summed E-state index contributed by atoms with van der Waals surface area (Å²) in [4.78, 5) is 3.09. The first-order chi connectivity index (χ1) is 37.9. The Balaban J connectivity index is 0.000000537. The monoisotopic (exact) mass is 1150 g/mol. The quantitative estimate of drug-likeness (QED) is 0.0358. The van der Waals surface area contributed by atoms with Crippen LogP contribution in [0, 0.1) is 0 Å². The van der Waals surface area contributed by atoms with Crippen LogP contribution in [0.3, 0.4) is 0 Å². The summed E-state index contributed by atoms with van der Waals surface area (Å²) in [5.41, 5.74) is 25.2. The molecule has 0 fully saturated rings. The maximum absolute atomic E-state index is 12.3. The Hall–Kier alpha value is -1.82. The molecule has 0 aromatic heterocycles. The smallest absolute Gasteiger partial charge is 0.0654 e. The van der Waals surface area contributed by atoms with Crippen molar-refractivity contribution in [3.63, 3.8) is 0 Å². The van der Waals surface area contributed by atoms with Gasteiger partial charge in [-0.05, 0) is 124 Å². The fraction of sp³-hybridized carbons (Fsp3) is 0.784. The van der Waals surface area contributed by atoms with Gasteiger partial charge in [0.15, 0.2) is 0 Å². The normalized spacial score (nSPS) is 12.7. The molecule has 3 rings (SSSR count). The predicted octanol–water partition coefficient (Wildman–Crippen LogP) is 26.3. The molecule has 0 amide bonds. The predicted molar refractivity (Wildman–Crippen MR) is 343 cm³/mol. The number of nitrogens with zero attached hydrogens (tertiary/aromatic N) is 2. The van der Waals surface area contributed by atoms with Gasteiger partial charge in [0.05, 0.1) is 0 Å². The average Bonchev–Trinajstić information content (AvgIpc) is 3.80. The van der Waals surface area contributed by atoms with Crippen LogP contribution in [0.2, 0.25) is 9.79 Å². The zero-order chi connectivity index (χ0) is 55.7. The van der Waals surface area contributed by atoms with Gasteiger partial charge >= 0.3 is 169 Å². The van der Waals surface area contributed by atoms with E-state index in [4.69, 9.17) is 0 Å². The molecule has 0 saturated carbocycles. The first-order valence-corrected chi connectivity index (χ1v) is 36.8. The SMILES string of the molecule is CCCCC1=C(c2cc(CCCC)cc(CCCC)c2)[N+](=[N-])C(c2cc(CCCC)cc(CCCC)c2)=C1CCCC.CCCCCCCCCCCCCCCC[CH2][Pd][CH2]CCCCCCCCCCCCCCCC. The van der Waals surface area contributed by atoms with Crippen LogP contribution in [-0.4, -0.2) is 4.70 Å². The molecular formula is C74H130N2Pd. The summed E-state index contributed by atoms with van der Waals surface area (Å²) in [7, 11) is 0. The summed E-state index contributed by atoms with van der Waals surface area (Å²) in [6.07, 6.45) is 65.2. The molecule has 446 valence electrons. The number of rotatable bonds is 52. The van der Waals surface area contributed by atoms with Gasteiger partial charge in [-0.1, -0.05) is 157 Å². The zero-order valence-electron chi connectivity index (χ0n) is 53.0. The van der Waals surface area contributed by atoms with Crippen LogP contribution in [0.15, 0.2) is 47.5 Å². The van der Waals surface area contributed by atoms with Crippen LogP contribution in [0.1, 0.15) is 371 Å². The van der Waals surface area contributed by atoms with Gasteiger partial charge in [0.25, 0.3) is 0 Å². The Morgan fingerprint density at radius 2 is 0.468 bits per heavy atom. The van der Waals surface area contributed by atoms with Gasteiger partial charge in [-0.25, -0.2) is 4.70 Å². The first-order valence-electron chi connectivity index (χ1n) is 34.6. The Morgan fingerprint density at radius 1 is 0.260 bits per heavy atom. The number of hydrogen-bond acceptors (Lipinski definition) is 0. The fourth-order valence-electron chi connectivity index (χ4n) is 11.5. The fourth-order valence-corrected chi connectivity index (χ4v) is 13.5. The molecule has 77 heavy (non-hydrogen) atoms. The summed E-state index contributed by atoms with van der Waals surface area (Å²) in [6.45, 7) is 18.3. The van der Waals surface area contributed by atoms with Crippen LogP contribution in [0.5, 0.6) is 0 Å². The summed E-state index contributed by atoms with van der Waals surface area (Å²) in [6, 6.07) is 14.4. The molecule has 0 saturated heterocycles. The standard InChI is InChI=1S/C40H60N2.2C17H35.Pd/c1-7-13-19-31-25-32(20-14-8-2)28-35(27-31)39-37(23-17-11-5)38(24-18-12-6)40(42(39)41)36-29-33(21-15-9-3)26-34(30-36)22-16-10-4;2*1-3-5-7-9-11-13-15-17-16-14-12-10-8-6-4-2;/h25-30H,7-24H2,1-6H3;2*1,3-17H2,2H3;. The second-order valence-electron chi connectivity index (χ2n) is 24.0. The summed E-state index contributed by atoms with van der Waals surface area (Å²) in [5.74, 6) is 0. The molecule has 3 heteroatoms. The molecular weight excluding hydrogens is 1020 g/mol. The molecule has 0 radical (unpaired) electrons. The minimum atomic E-state index is 1.02. The Labute approximate surface area is 490 Å². The van der Waals surface area contributed by atoms with Crippen molar-refractivity contribution >= 4 is 11.4 Å². The van der Waals surface area contributed by atoms with Crippen LogP contribution in [0.4, 0.5) is 0 Å². The van der Waals surface area contributed by atoms with Crippen LogP contribution in [-0.2, 0) is 43.7 Å². The number of hydrogen-bond donors (Lipinski definition) is 0. The summed E-state index contributed by atoms with van der Waals surface area (Å²) >= 11 is 1.06. The summed E-state index contributed by atoms with van der Waals surface area (Å²) in [5, 5.41) is 0. The van der Waals surface area contributed by atoms with E-state index in [0.29, 0.717) is 0 Å². The van der Waals surface area contributed by atoms with E-state index in [1.54, 1.807) is 14.5 Å². The van der Waals surface area contributed by atoms with Crippen molar-refractivity contribution in [1.29, 1.82) is 0 Å². The van der Waals surface area contributed by atoms with Crippen molar-refractivity contribution in [2.75, 3.05) is 0 Å². The minimum absolute atomic E-state index is 1.02. The third kappa shape index (κ3) is 34.3. The molecule has 2 aromatic carbocycles. The second-order valence-corrected chi connectivity index (χ2v) is 26.4.